The van der Waals surface area contributed by atoms with E-state index in [9.17, 15) is 9.59 Å². The lowest BCUT2D eigenvalue weighted by Crippen LogP contribution is -2.23. The average Bonchev–Trinajstić information content (AvgIpc) is 2.00. The Bertz CT molecular complexity index is 125. The summed E-state index contributed by atoms with van der Waals surface area (Å²) in [6, 6.07) is 0. The second-order valence-electron chi connectivity index (χ2n) is 1.66. The van der Waals surface area contributed by atoms with E-state index in [1.54, 1.807) is 0 Å². The zero-order chi connectivity index (χ0) is 8.15. The van der Waals surface area contributed by atoms with Crippen molar-refractivity contribution in [1.82, 2.24) is 0 Å². The minimum absolute atomic E-state index is 0.737. The third-order valence-corrected chi connectivity index (χ3v) is 0.998. The van der Waals surface area contributed by atoms with Gasteiger partial charge in [-0.1, -0.05) is 0 Å². The number of hydrogen-bond acceptors (Lipinski definition) is 5. The molecule has 0 aromatic rings. The van der Waals surface area contributed by atoms with Gasteiger partial charge >= 0.3 is 11.9 Å². The fraction of sp³-hybridized carbons (Fsp3) is 0.600. The molecule has 0 aliphatic carbocycles. The predicted octanol–water partition coefficient (Wildman–Crippen LogP) is -0.188. The van der Waals surface area contributed by atoms with Crippen LogP contribution in [0.4, 0.5) is 0 Å². The Kier molecular flexibility index (Phi) is 3.42. The molecule has 0 radical (unpaired) electrons. The summed E-state index contributed by atoms with van der Waals surface area (Å²) in [6.45, 7) is 1.27. The fourth-order valence-electron chi connectivity index (χ4n) is 0.352. The molecule has 5 nitrogen and oxygen atoms in total. The molecule has 5 heteroatoms. The van der Waals surface area contributed by atoms with E-state index in [-0.39, 0.29) is 0 Å². The van der Waals surface area contributed by atoms with E-state index in [4.69, 9.17) is 5.26 Å². The van der Waals surface area contributed by atoms with Crippen LogP contribution in [-0.4, -0.2) is 24.3 Å². The number of carbonyl (C=O) groups excluding carboxylic acids is 2. The molecule has 1 atom stereocenters. The SMILES string of the molecule is COC(=O)C(C)C(=O)OO. The first-order valence-electron chi connectivity index (χ1n) is 2.56. The van der Waals surface area contributed by atoms with Crippen molar-refractivity contribution in [3.8, 4) is 0 Å². The molecule has 0 amide bonds. The monoisotopic (exact) mass is 148 g/mol. The first-order chi connectivity index (χ1) is 4.63. The van der Waals surface area contributed by atoms with Crippen LogP contribution in [0, 0.1) is 5.92 Å². The Morgan fingerprint density at radius 2 is 1.90 bits per heavy atom. The second kappa shape index (κ2) is 3.84. The van der Waals surface area contributed by atoms with Crippen LogP contribution in [0.5, 0.6) is 0 Å². The van der Waals surface area contributed by atoms with Gasteiger partial charge in [0.25, 0.3) is 0 Å². The van der Waals surface area contributed by atoms with Gasteiger partial charge in [0.05, 0.1) is 7.11 Å². The molecular weight excluding hydrogens is 140 g/mol. The van der Waals surface area contributed by atoms with Crippen LogP contribution >= 0.6 is 0 Å². The van der Waals surface area contributed by atoms with Crippen LogP contribution in [0.3, 0.4) is 0 Å². The zero-order valence-corrected chi connectivity index (χ0v) is 5.66. The predicted molar refractivity (Wildman–Crippen MR) is 29.9 cm³/mol. The highest BCUT2D eigenvalue weighted by molar-refractivity contribution is 5.93. The van der Waals surface area contributed by atoms with Gasteiger partial charge < -0.3 is 9.62 Å². The topological polar surface area (TPSA) is 72.8 Å². The largest absolute Gasteiger partial charge is 0.468 e. The van der Waals surface area contributed by atoms with E-state index in [0.717, 1.165) is 7.11 Å². The minimum Gasteiger partial charge on any atom is -0.468 e. The van der Waals surface area contributed by atoms with E-state index in [1.807, 2.05) is 0 Å². The second-order valence-corrected chi connectivity index (χ2v) is 1.66. The summed E-state index contributed by atoms with van der Waals surface area (Å²) in [7, 11) is 1.14. The Morgan fingerprint density at radius 1 is 1.40 bits per heavy atom. The number of rotatable bonds is 2. The third kappa shape index (κ3) is 2.02. The molecule has 0 bridgehead atoms. The molecule has 0 aromatic carbocycles. The van der Waals surface area contributed by atoms with Crippen LogP contribution in [-0.2, 0) is 19.2 Å². The van der Waals surface area contributed by atoms with Gasteiger partial charge in [-0.15, -0.1) is 0 Å². The average molecular weight is 148 g/mol. The maximum Gasteiger partial charge on any atom is 0.355 e. The zero-order valence-electron chi connectivity index (χ0n) is 5.66. The molecule has 0 aromatic heterocycles. The normalized spacial score (nSPS) is 11.9. The molecule has 0 saturated heterocycles. The van der Waals surface area contributed by atoms with Crippen molar-refractivity contribution in [2.75, 3.05) is 7.11 Å². The van der Waals surface area contributed by atoms with Gasteiger partial charge in [0.2, 0.25) is 0 Å². The van der Waals surface area contributed by atoms with Gasteiger partial charge in [-0.05, 0) is 6.92 Å². The van der Waals surface area contributed by atoms with Gasteiger partial charge in [-0.25, -0.2) is 4.79 Å². The Morgan fingerprint density at radius 3 is 2.20 bits per heavy atom. The summed E-state index contributed by atoms with van der Waals surface area (Å²) in [4.78, 5) is 24.1. The van der Waals surface area contributed by atoms with Gasteiger partial charge in [0.15, 0.2) is 5.92 Å². The maximum atomic E-state index is 10.5. The van der Waals surface area contributed by atoms with E-state index >= 15 is 0 Å². The lowest BCUT2D eigenvalue weighted by atomic mass is 10.2. The van der Waals surface area contributed by atoms with Crippen molar-refractivity contribution in [1.29, 1.82) is 0 Å². The molecule has 0 heterocycles. The van der Waals surface area contributed by atoms with Crippen LogP contribution in [0.2, 0.25) is 0 Å². The molecule has 0 aliphatic rings. The molecule has 0 rings (SSSR count). The quantitative estimate of drug-likeness (QED) is 0.254. The van der Waals surface area contributed by atoms with E-state index in [2.05, 4.69) is 9.62 Å². The van der Waals surface area contributed by atoms with Gasteiger partial charge in [-0.2, -0.15) is 5.26 Å². The first kappa shape index (κ1) is 8.90. The lowest BCUT2D eigenvalue weighted by molar-refractivity contribution is -0.238. The molecule has 1 N–H and O–H groups in total. The fourth-order valence-corrected chi connectivity index (χ4v) is 0.352. The highest BCUT2D eigenvalue weighted by Gasteiger charge is 2.23. The van der Waals surface area contributed by atoms with Crippen molar-refractivity contribution in [2.24, 2.45) is 5.92 Å². The molecule has 10 heavy (non-hydrogen) atoms. The Hall–Kier alpha value is -1.10. The molecule has 0 aliphatic heterocycles. The van der Waals surface area contributed by atoms with Crippen LogP contribution in [0.15, 0.2) is 0 Å². The number of ether oxygens (including phenoxy) is 1. The van der Waals surface area contributed by atoms with Crippen LogP contribution < -0.4 is 0 Å². The molecular formula is C5H8O5. The Balaban J connectivity index is 3.94. The smallest absolute Gasteiger partial charge is 0.355 e. The Labute approximate surface area is 57.5 Å². The summed E-state index contributed by atoms with van der Waals surface area (Å²) in [5.74, 6) is -2.83. The van der Waals surface area contributed by atoms with Crippen molar-refractivity contribution >= 4 is 11.9 Å². The summed E-state index contributed by atoms with van der Waals surface area (Å²) in [6.07, 6.45) is 0. The minimum atomic E-state index is -1.07. The van der Waals surface area contributed by atoms with E-state index < -0.39 is 17.9 Å². The summed E-state index contributed by atoms with van der Waals surface area (Å²) >= 11 is 0. The lowest BCUT2D eigenvalue weighted by Gasteiger charge is -2.02. The molecule has 58 valence electrons. The third-order valence-electron chi connectivity index (χ3n) is 0.998. The number of methoxy groups -OCH3 is 1. The van der Waals surface area contributed by atoms with Gasteiger partial charge in [-0.3, -0.25) is 4.79 Å². The summed E-state index contributed by atoms with van der Waals surface area (Å²) in [5.41, 5.74) is 0. The first-order valence-corrected chi connectivity index (χ1v) is 2.56. The highest BCUT2D eigenvalue weighted by atomic mass is 17.1. The molecule has 0 fully saturated rings. The van der Waals surface area contributed by atoms with Crippen molar-refractivity contribution in [3.63, 3.8) is 0 Å². The summed E-state index contributed by atoms with van der Waals surface area (Å²) < 4.78 is 4.18. The number of hydrogen-bond donors (Lipinski definition) is 1. The van der Waals surface area contributed by atoms with Crippen molar-refractivity contribution in [2.45, 2.75) is 6.92 Å². The summed E-state index contributed by atoms with van der Waals surface area (Å²) in [5, 5.41) is 7.79. The molecule has 0 spiro atoms. The standard InChI is InChI=1S/C5H8O5/c1-3(4(6)9-2)5(7)10-8/h3,8H,1-2H3. The van der Waals surface area contributed by atoms with Crippen LogP contribution in [0.25, 0.3) is 0 Å². The van der Waals surface area contributed by atoms with E-state index in [1.165, 1.54) is 6.92 Å². The highest BCUT2D eigenvalue weighted by Crippen LogP contribution is 1.98. The van der Waals surface area contributed by atoms with Gasteiger partial charge in [0, 0.05) is 0 Å². The molecule has 0 saturated carbocycles. The molecule has 1 unspecified atom stereocenters. The van der Waals surface area contributed by atoms with Crippen molar-refractivity contribution in [3.05, 3.63) is 0 Å². The van der Waals surface area contributed by atoms with Crippen LogP contribution in [0.1, 0.15) is 6.92 Å². The number of esters is 1. The number of carbonyl (C=O) groups is 2. The maximum absolute atomic E-state index is 10.5. The van der Waals surface area contributed by atoms with Crippen molar-refractivity contribution < 1.29 is 24.5 Å². The van der Waals surface area contributed by atoms with Gasteiger partial charge in [0.1, 0.15) is 0 Å². The van der Waals surface area contributed by atoms with E-state index in [0.29, 0.717) is 0 Å².